The second kappa shape index (κ2) is 7.38. The lowest BCUT2D eigenvalue weighted by molar-refractivity contribution is -0.140. The molecule has 0 bridgehead atoms. The summed E-state index contributed by atoms with van der Waals surface area (Å²) < 4.78 is 2.36. The minimum Gasteiger partial charge on any atom is -0.341 e. The molecule has 3 rings (SSSR count). The molecule has 0 radical (unpaired) electrons. The predicted molar refractivity (Wildman–Crippen MR) is 115 cm³/mol. The molecule has 1 heterocycles. The molecular weight excluding hydrogens is 332 g/mol. The highest BCUT2D eigenvalue weighted by Gasteiger charge is 2.27. The van der Waals surface area contributed by atoms with Gasteiger partial charge in [0.05, 0.1) is 0 Å². The van der Waals surface area contributed by atoms with Gasteiger partial charge >= 0.3 is 0 Å². The van der Waals surface area contributed by atoms with Gasteiger partial charge in [-0.15, -0.1) is 0 Å². The van der Waals surface area contributed by atoms with Gasteiger partial charge in [-0.1, -0.05) is 58.9 Å². The number of nitrogens with zero attached hydrogens (tertiary/aromatic N) is 2. The van der Waals surface area contributed by atoms with E-state index in [4.69, 9.17) is 0 Å². The molecule has 3 heteroatoms. The Hall–Kier alpha value is -2.29. The number of rotatable bonds is 5. The molecule has 0 saturated heterocycles. The molecule has 144 valence electrons. The van der Waals surface area contributed by atoms with E-state index in [2.05, 4.69) is 67.8 Å². The smallest absolute Gasteiger partial charge is 0.228 e. The molecule has 3 aromatic rings. The van der Waals surface area contributed by atoms with E-state index < -0.39 is 0 Å². The van der Waals surface area contributed by atoms with Crippen molar-refractivity contribution in [2.45, 2.75) is 54.6 Å². The lowest BCUT2D eigenvalue weighted by atomic mass is 9.94. The zero-order valence-corrected chi connectivity index (χ0v) is 17.5. The van der Waals surface area contributed by atoms with Crippen molar-refractivity contribution < 1.29 is 4.79 Å². The molecule has 0 N–H and O–H groups in total. The third kappa shape index (κ3) is 3.87. The molecule has 0 aliphatic rings. The minimum atomic E-state index is -0.364. The molecule has 0 aliphatic heterocycles. The summed E-state index contributed by atoms with van der Waals surface area (Å²) in [5, 5.41) is 2.56. The highest BCUT2D eigenvalue weighted by Crippen LogP contribution is 2.30. The van der Waals surface area contributed by atoms with Crippen molar-refractivity contribution in [1.29, 1.82) is 0 Å². The van der Waals surface area contributed by atoms with Crippen LogP contribution in [0.25, 0.3) is 21.8 Å². The van der Waals surface area contributed by atoms with E-state index in [-0.39, 0.29) is 11.3 Å². The Morgan fingerprint density at radius 2 is 1.70 bits per heavy atom. The fourth-order valence-electron chi connectivity index (χ4n) is 3.89. The number of carbonyl (C=O) groups excluding carboxylic acids is 1. The largest absolute Gasteiger partial charge is 0.341 e. The first-order valence-corrected chi connectivity index (χ1v) is 10.0. The highest BCUT2D eigenvalue weighted by molar-refractivity contribution is 6.08. The maximum absolute atomic E-state index is 13.0. The monoisotopic (exact) mass is 364 g/mol. The average molecular weight is 365 g/mol. The standard InChI is InChI=1S/C24H32N2O/c1-7-26-21-11-9-8-10-19(21)20-14-18(12-13-22(20)26)16-25(15-17(2)3)23(27)24(4,5)6/h8-14,17H,7,15-16H2,1-6H3. The molecule has 1 aromatic heterocycles. The van der Waals surface area contributed by atoms with Crippen molar-refractivity contribution in [3.63, 3.8) is 0 Å². The highest BCUT2D eigenvalue weighted by atomic mass is 16.2. The minimum absolute atomic E-state index is 0.215. The van der Waals surface area contributed by atoms with Crippen molar-refractivity contribution in [3.8, 4) is 0 Å². The Kier molecular flexibility index (Phi) is 5.32. The average Bonchev–Trinajstić information content (AvgIpc) is 2.92. The van der Waals surface area contributed by atoms with Crippen molar-refractivity contribution >= 4 is 27.7 Å². The van der Waals surface area contributed by atoms with Gasteiger partial charge in [-0.3, -0.25) is 4.79 Å². The Bertz CT molecular complexity index is 960. The quantitative estimate of drug-likeness (QED) is 0.558. The Morgan fingerprint density at radius 3 is 2.33 bits per heavy atom. The molecule has 0 atom stereocenters. The van der Waals surface area contributed by atoms with Crippen LogP contribution in [0.15, 0.2) is 42.5 Å². The van der Waals surface area contributed by atoms with Gasteiger partial charge in [-0.05, 0) is 36.6 Å². The predicted octanol–water partition coefficient (Wildman–Crippen LogP) is 5.85. The van der Waals surface area contributed by atoms with E-state index in [9.17, 15) is 4.79 Å². The Morgan fingerprint density at radius 1 is 1.04 bits per heavy atom. The summed E-state index contributed by atoms with van der Waals surface area (Å²) in [7, 11) is 0. The number of hydrogen-bond donors (Lipinski definition) is 0. The van der Waals surface area contributed by atoms with Crippen LogP contribution in [0.3, 0.4) is 0 Å². The molecular formula is C24H32N2O. The van der Waals surface area contributed by atoms with Crippen LogP contribution in [0.4, 0.5) is 0 Å². The van der Waals surface area contributed by atoms with Crippen molar-refractivity contribution in [3.05, 3.63) is 48.0 Å². The van der Waals surface area contributed by atoms with E-state index >= 15 is 0 Å². The van der Waals surface area contributed by atoms with E-state index in [0.29, 0.717) is 12.5 Å². The lowest BCUT2D eigenvalue weighted by Gasteiger charge is -2.31. The van der Waals surface area contributed by atoms with E-state index in [1.807, 2.05) is 25.7 Å². The first kappa shape index (κ1) is 19.5. The van der Waals surface area contributed by atoms with Crippen LogP contribution in [0.2, 0.25) is 0 Å². The summed E-state index contributed by atoms with van der Waals surface area (Å²) in [5.41, 5.74) is 3.37. The molecule has 2 aromatic carbocycles. The zero-order valence-electron chi connectivity index (χ0n) is 17.5. The van der Waals surface area contributed by atoms with Gasteiger partial charge in [0.1, 0.15) is 0 Å². The summed E-state index contributed by atoms with van der Waals surface area (Å²) >= 11 is 0. The van der Waals surface area contributed by atoms with E-state index in [1.54, 1.807) is 0 Å². The van der Waals surface area contributed by atoms with Crippen molar-refractivity contribution in [2.24, 2.45) is 11.3 Å². The summed E-state index contributed by atoms with van der Waals surface area (Å²) in [5.74, 6) is 0.661. The number of aromatic nitrogens is 1. The number of amides is 1. The topological polar surface area (TPSA) is 25.2 Å². The second-order valence-corrected chi connectivity index (χ2v) is 8.94. The van der Waals surface area contributed by atoms with Crippen molar-refractivity contribution in [1.82, 2.24) is 9.47 Å². The van der Waals surface area contributed by atoms with Gasteiger partial charge in [-0.2, -0.15) is 0 Å². The van der Waals surface area contributed by atoms with Gasteiger partial charge in [0.25, 0.3) is 0 Å². The zero-order chi connectivity index (χ0) is 19.8. The summed E-state index contributed by atoms with van der Waals surface area (Å²) in [6.07, 6.45) is 0. The number of carbonyl (C=O) groups is 1. The third-order valence-electron chi connectivity index (χ3n) is 5.04. The molecule has 0 aliphatic carbocycles. The molecule has 0 unspecified atom stereocenters. The molecule has 27 heavy (non-hydrogen) atoms. The van der Waals surface area contributed by atoms with Gasteiger partial charge in [-0.25, -0.2) is 0 Å². The Balaban J connectivity index is 2.03. The maximum Gasteiger partial charge on any atom is 0.228 e. The van der Waals surface area contributed by atoms with Crippen LogP contribution < -0.4 is 0 Å². The number of hydrogen-bond acceptors (Lipinski definition) is 1. The van der Waals surface area contributed by atoms with Crippen LogP contribution in [0, 0.1) is 11.3 Å². The lowest BCUT2D eigenvalue weighted by Crippen LogP contribution is -2.41. The summed E-state index contributed by atoms with van der Waals surface area (Å²) in [6, 6.07) is 15.2. The van der Waals surface area contributed by atoms with Gasteiger partial charge in [0.2, 0.25) is 5.91 Å². The van der Waals surface area contributed by atoms with Gasteiger partial charge in [0.15, 0.2) is 0 Å². The van der Waals surface area contributed by atoms with Crippen molar-refractivity contribution in [2.75, 3.05) is 6.54 Å². The molecule has 1 amide bonds. The second-order valence-electron chi connectivity index (χ2n) is 8.94. The van der Waals surface area contributed by atoms with E-state index in [1.165, 1.54) is 27.4 Å². The summed E-state index contributed by atoms with van der Waals surface area (Å²) in [6.45, 7) is 14.9. The molecule has 0 saturated carbocycles. The maximum atomic E-state index is 13.0. The number of benzene rings is 2. The molecule has 0 spiro atoms. The molecule has 0 fully saturated rings. The third-order valence-corrected chi connectivity index (χ3v) is 5.04. The van der Waals surface area contributed by atoms with Crippen LogP contribution in [0.5, 0.6) is 0 Å². The first-order chi connectivity index (χ1) is 12.7. The van der Waals surface area contributed by atoms with Crippen LogP contribution >= 0.6 is 0 Å². The normalized spacial score (nSPS) is 12.3. The first-order valence-electron chi connectivity index (χ1n) is 10.0. The summed E-state index contributed by atoms with van der Waals surface area (Å²) in [4.78, 5) is 15.0. The molecule has 3 nitrogen and oxygen atoms in total. The van der Waals surface area contributed by atoms with Crippen LogP contribution in [-0.4, -0.2) is 21.9 Å². The van der Waals surface area contributed by atoms with Crippen LogP contribution in [-0.2, 0) is 17.9 Å². The SMILES string of the molecule is CCn1c2ccccc2c2cc(CN(CC(C)C)C(=O)C(C)(C)C)ccc21. The van der Waals surface area contributed by atoms with Gasteiger partial charge < -0.3 is 9.47 Å². The van der Waals surface area contributed by atoms with Crippen LogP contribution in [0.1, 0.15) is 47.1 Å². The number of fused-ring (bicyclic) bond motifs is 3. The van der Waals surface area contributed by atoms with Gasteiger partial charge in [0, 0.05) is 46.9 Å². The fourth-order valence-corrected chi connectivity index (χ4v) is 3.89. The van der Waals surface area contributed by atoms with E-state index in [0.717, 1.165) is 13.1 Å². The number of aryl methyl sites for hydroxylation is 1. The number of para-hydroxylation sites is 1. The Labute approximate surface area is 163 Å². The fraction of sp³-hybridized carbons (Fsp3) is 0.458.